The number of aromatic hydroxyl groups is 1. The van der Waals surface area contributed by atoms with E-state index >= 15 is 0 Å². The van der Waals surface area contributed by atoms with Gasteiger partial charge >= 0.3 is 5.97 Å². The third-order valence-corrected chi connectivity index (χ3v) is 4.47. The molecule has 1 unspecified atom stereocenters. The highest BCUT2D eigenvalue weighted by molar-refractivity contribution is 6.37. The number of carboxylic acid groups (broad SMARTS) is 1. The topological polar surface area (TPSA) is 79.1 Å². The lowest BCUT2D eigenvalue weighted by Gasteiger charge is -2.13. The quantitative estimate of drug-likeness (QED) is 0.593. The molecule has 5 heteroatoms. The fraction of sp³-hybridized carbons (Fsp3) is 0.304. The van der Waals surface area contributed by atoms with Crippen molar-refractivity contribution in [3.63, 3.8) is 0 Å². The molecule has 2 N–H and O–H groups in total. The number of carboxylic acids is 1. The summed E-state index contributed by atoms with van der Waals surface area (Å²) in [6.45, 7) is 9.51. The highest BCUT2D eigenvalue weighted by atomic mass is 16.5. The zero-order valence-corrected chi connectivity index (χ0v) is 17.0. The minimum absolute atomic E-state index is 0.0818. The Morgan fingerprint density at radius 3 is 2.29 bits per heavy atom. The van der Waals surface area contributed by atoms with Crippen molar-refractivity contribution in [1.82, 2.24) is 0 Å². The first kappa shape index (κ1) is 21.2. The Morgan fingerprint density at radius 2 is 1.79 bits per heavy atom. The number of nitrogens with zero attached hydrogens (tertiary/aromatic N) is 1. The van der Waals surface area contributed by atoms with E-state index in [4.69, 9.17) is 4.74 Å². The van der Waals surface area contributed by atoms with Gasteiger partial charge in [-0.3, -0.25) is 0 Å². The van der Waals surface area contributed by atoms with Gasteiger partial charge in [-0.05, 0) is 69.2 Å². The van der Waals surface area contributed by atoms with Crippen molar-refractivity contribution < 1.29 is 19.7 Å². The fourth-order valence-corrected chi connectivity index (χ4v) is 2.67. The monoisotopic (exact) mass is 381 g/mol. The predicted octanol–water partition coefficient (Wildman–Crippen LogP) is 5.82. The molecule has 1 atom stereocenters. The number of phenols is 1. The Hall–Kier alpha value is -3.08. The molecule has 2 aromatic rings. The molecule has 0 spiro atoms. The number of carbonyl (C=O) groups is 1. The molecule has 0 saturated carbocycles. The van der Waals surface area contributed by atoms with Gasteiger partial charge in [0.2, 0.25) is 0 Å². The van der Waals surface area contributed by atoms with Crippen molar-refractivity contribution >= 4 is 17.4 Å². The lowest BCUT2D eigenvalue weighted by atomic mass is 10.0. The van der Waals surface area contributed by atoms with Crippen LogP contribution in [0.1, 0.15) is 45.2 Å². The number of rotatable bonds is 7. The molecule has 0 saturated heterocycles. The number of phenolic OH excluding ortho intramolecular Hbond substituents is 1. The lowest BCUT2D eigenvalue weighted by molar-refractivity contribution is -0.129. The van der Waals surface area contributed by atoms with Crippen LogP contribution in [0.4, 0.5) is 0 Å². The van der Waals surface area contributed by atoms with Gasteiger partial charge in [-0.1, -0.05) is 25.5 Å². The van der Waals surface area contributed by atoms with Crippen molar-refractivity contribution in [3.05, 3.63) is 59.2 Å². The van der Waals surface area contributed by atoms with E-state index in [9.17, 15) is 15.0 Å². The van der Waals surface area contributed by atoms with E-state index in [-0.39, 0.29) is 17.4 Å². The van der Waals surface area contributed by atoms with Crippen LogP contribution < -0.4 is 4.74 Å². The fourth-order valence-electron chi connectivity index (χ4n) is 2.67. The molecule has 0 radical (unpaired) electrons. The summed E-state index contributed by atoms with van der Waals surface area (Å²) in [6, 6.07) is 12.4. The Bertz CT molecular complexity index is 907. The molecule has 28 heavy (non-hydrogen) atoms. The standard InChI is InChI=1S/C23H27NO4/c1-6-16(5)22(23(26)27)24-21(14(2)3)17-8-10-18(11-9-17)28-20-12-7-15(4)13-19(20)25/h7-13,16,25H,6H2,1-5H3,(H,26,27). The number of hydrogen-bond donors (Lipinski definition) is 2. The summed E-state index contributed by atoms with van der Waals surface area (Å²) in [5.74, 6) is -0.107. The van der Waals surface area contributed by atoms with Crippen molar-refractivity contribution in [2.75, 3.05) is 0 Å². The summed E-state index contributed by atoms with van der Waals surface area (Å²) in [7, 11) is 0. The summed E-state index contributed by atoms with van der Waals surface area (Å²) >= 11 is 0. The maximum atomic E-state index is 11.6. The lowest BCUT2D eigenvalue weighted by Crippen LogP contribution is -2.21. The third kappa shape index (κ3) is 5.22. The zero-order chi connectivity index (χ0) is 20.8. The molecule has 0 heterocycles. The molecule has 0 fully saturated rings. The summed E-state index contributed by atoms with van der Waals surface area (Å²) in [4.78, 5) is 16.1. The van der Waals surface area contributed by atoms with Crippen LogP contribution in [0.15, 0.2) is 53.0 Å². The van der Waals surface area contributed by atoms with Crippen LogP contribution in [-0.2, 0) is 4.79 Å². The Labute approximate surface area is 166 Å². The number of allylic oxidation sites excluding steroid dienone is 1. The van der Waals surface area contributed by atoms with E-state index in [1.165, 1.54) is 0 Å². The van der Waals surface area contributed by atoms with E-state index < -0.39 is 5.97 Å². The van der Waals surface area contributed by atoms with E-state index in [0.717, 1.165) is 16.7 Å². The van der Waals surface area contributed by atoms with E-state index in [1.54, 1.807) is 24.3 Å². The molecule has 0 aliphatic heterocycles. The van der Waals surface area contributed by atoms with E-state index in [0.29, 0.717) is 23.6 Å². The summed E-state index contributed by atoms with van der Waals surface area (Å²) in [5.41, 5.74) is 3.47. The highest BCUT2D eigenvalue weighted by Crippen LogP contribution is 2.32. The molecule has 0 bridgehead atoms. The second-order valence-corrected chi connectivity index (χ2v) is 7.06. The maximum Gasteiger partial charge on any atom is 0.350 e. The van der Waals surface area contributed by atoms with Crippen LogP contribution in [-0.4, -0.2) is 21.9 Å². The number of hydrogen-bond acceptors (Lipinski definition) is 4. The minimum atomic E-state index is -0.997. The Balaban J connectivity index is 2.33. The summed E-state index contributed by atoms with van der Waals surface area (Å²) < 4.78 is 5.74. The van der Waals surface area contributed by atoms with Gasteiger partial charge in [-0.15, -0.1) is 0 Å². The number of aryl methyl sites for hydroxylation is 1. The van der Waals surface area contributed by atoms with E-state index in [2.05, 4.69) is 4.99 Å². The number of aliphatic imine (C=N–C) groups is 1. The second kappa shape index (κ2) is 9.22. The molecule has 148 valence electrons. The largest absolute Gasteiger partial charge is 0.504 e. The summed E-state index contributed by atoms with van der Waals surface area (Å²) in [6.07, 6.45) is 0.702. The molecule has 0 aliphatic carbocycles. The van der Waals surface area contributed by atoms with Crippen molar-refractivity contribution in [3.8, 4) is 17.2 Å². The van der Waals surface area contributed by atoms with E-state index in [1.807, 2.05) is 52.8 Å². The van der Waals surface area contributed by atoms with Crippen molar-refractivity contribution in [2.24, 2.45) is 10.9 Å². The van der Waals surface area contributed by atoms with Crippen LogP contribution in [0.2, 0.25) is 0 Å². The maximum absolute atomic E-state index is 11.6. The molecule has 0 aliphatic rings. The van der Waals surface area contributed by atoms with Gasteiger partial charge in [0.1, 0.15) is 11.5 Å². The van der Waals surface area contributed by atoms with Crippen LogP contribution in [0.25, 0.3) is 5.70 Å². The van der Waals surface area contributed by atoms with Crippen LogP contribution in [0.5, 0.6) is 17.2 Å². The first-order valence-corrected chi connectivity index (χ1v) is 9.30. The highest BCUT2D eigenvalue weighted by Gasteiger charge is 2.18. The van der Waals surface area contributed by atoms with Gasteiger partial charge in [0.15, 0.2) is 11.5 Å². The minimum Gasteiger partial charge on any atom is -0.504 e. The van der Waals surface area contributed by atoms with Gasteiger partial charge in [0.25, 0.3) is 0 Å². The average molecular weight is 381 g/mol. The van der Waals surface area contributed by atoms with Crippen LogP contribution in [0, 0.1) is 12.8 Å². The van der Waals surface area contributed by atoms with Crippen LogP contribution >= 0.6 is 0 Å². The molecular weight excluding hydrogens is 354 g/mol. The first-order valence-electron chi connectivity index (χ1n) is 9.30. The number of aliphatic carboxylic acids is 1. The first-order chi connectivity index (χ1) is 13.2. The van der Waals surface area contributed by atoms with Gasteiger partial charge in [0.05, 0.1) is 5.70 Å². The smallest absolute Gasteiger partial charge is 0.350 e. The van der Waals surface area contributed by atoms with Gasteiger partial charge in [-0.2, -0.15) is 0 Å². The van der Waals surface area contributed by atoms with Crippen LogP contribution in [0.3, 0.4) is 0 Å². The second-order valence-electron chi connectivity index (χ2n) is 7.06. The normalized spacial score (nSPS) is 12.4. The van der Waals surface area contributed by atoms with Gasteiger partial charge in [0, 0.05) is 11.5 Å². The van der Waals surface area contributed by atoms with Gasteiger partial charge in [-0.25, -0.2) is 9.79 Å². The van der Waals surface area contributed by atoms with Crippen molar-refractivity contribution in [2.45, 2.75) is 41.0 Å². The SMILES string of the molecule is CCC(C)C(=NC(=C(C)C)c1ccc(Oc2ccc(C)cc2O)cc1)C(=O)O. The molecule has 2 aromatic carbocycles. The predicted molar refractivity (Wildman–Crippen MR) is 112 cm³/mol. The van der Waals surface area contributed by atoms with Crippen molar-refractivity contribution in [1.29, 1.82) is 0 Å². The zero-order valence-electron chi connectivity index (χ0n) is 17.0. The molecule has 0 amide bonds. The molecule has 5 nitrogen and oxygen atoms in total. The molecule has 0 aromatic heterocycles. The third-order valence-electron chi connectivity index (χ3n) is 4.47. The molecular formula is C23H27NO4. The Kier molecular flexibility index (Phi) is 6.99. The molecule has 2 rings (SSSR count). The van der Waals surface area contributed by atoms with Gasteiger partial charge < -0.3 is 14.9 Å². The average Bonchev–Trinajstić information content (AvgIpc) is 2.64. The summed E-state index contributed by atoms with van der Waals surface area (Å²) in [5, 5.41) is 19.5. The Morgan fingerprint density at radius 1 is 1.14 bits per heavy atom. The number of ether oxygens (including phenoxy) is 1. The number of benzene rings is 2.